The van der Waals surface area contributed by atoms with Crippen LogP contribution in [0, 0.1) is 5.92 Å². The number of hydrogen-bond acceptors (Lipinski definition) is 3. The molecule has 20 heavy (non-hydrogen) atoms. The van der Waals surface area contributed by atoms with E-state index in [-0.39, 0.29) is 19.5 Å². The molecule has 0 aliphatic carbocycles. The quantitative estimate of drug-likeness (QED) is 0.810. The van der Waals surface area contributed by atoms with E-state index in [9.17, 15) is 13.6 Å². The van der Waals surface area contributed by atoms with E-state index < -0.39 is 23.5 Å². The van der Waals surface area contributed by atoms with Crippen molar-refractivity contribution in [3.8, 4) is 0 Å². The van der Waals surface area contributed by atoms with Crippen LogP contribution in [0.1, 0.15) is 46.5 Å². The van der Waals surface area contributed by atoms with E-state index in [2.05, 4.69) is 0 Å². The molecule has 6 heteroatoms. The van der Waals surface area contributed by atoms with Crippen LogP contribution >= 0.6 is 0 Å². The molecule has 118 valence electrons. The number of carbonyl (C=O) groups excluding carboxylic acids is 1. The normalized spacial score (nSPS) is 22.7. The van der Waals surface area contributed by atoms with E-state index >= 15 is 0 Å². The van der Waals surface area contributed by atoms with Gasteiger partial charge in [0.2, 0.25) is 0 Å². The number of halogens is 2. The van der Waals surface area contributed by atoms with Crippen LogP contribution in [0.15, 0.2) is 0 Å². The molecule has 1 aliphatic heterocycles. The van der Waals surface area contributed by atoms with Crippen molar-refractivity contribution in [1.82, 2.24) is 4.90 Å². The summed E-state index contributed by atoms with van der Waals surface area (Å²) in [6.07, 6.45) is 0.998. The zero-order chi connectivity index (χ0) is 15.4. The Hall–Kier alpha value is -0.910. The first-order valence-corrected chi connectivity index (χ1v) is 7.21. The van der Waals surface area contributed by atoms with Crippen molar-refractivity contribution in [2.45, 2.75) is 58.0 Å². The Morgan fingerprint density at radius 2 is 2.05 bits per heavy atom. The summed E-state index contributed by atoms with van der Waals surface area (Å²) in [5.41, 5.74) is 4.78. The lowest BCUT2D eigenvalue weighted by Gasteiger charge is -2.38. The summed E-state index contributed by atoms with van der Waals surface area (Å²) >= 11 is 0. The number of carbonyl (C=O) groups is 1. The van der Waals surface area contributed by atoms with Crippen LogP contribution in [-0.4, -0.2) is 42.2 Å². The number of likely N-dealkylation sites (tertiary alicyclic amines) is 1. The third kappa shape index (κ3) is 5.23. The van der Waals surface area contributed by atoms with Crippen LogP contribution in [-0.2, 0) is 4.74 Å². The minimum Gasteiger partial charge on any atom is -0.444 e. The van der Waals surface area contributed by atoms with Crippen LogP contribution in [0.2, 0.25) is 0 Å². The molecule has 4 nitrogen and oxygen atoms in total. The van der Waals surface area contributed by atoms with Gasteiger partial charge in [0.25, 0.3) is 5.92 Å². The molecule has 0 saturated carbocycles. The zero-order valence-corrected chi connectivity index (χ0v) is 12.6. The van der Waals surface area contributed by atoms with Gasteiger partial charge in [-0.15, -0.1) is 0 Å². The highest BCUT2D eigenvalue weighted by atomic mass is 19.3. The van der Waals surface area contributed by atoms with Gasteiger partial charge in [-0.05, 0) is 40.2 Å². The minimum atomic E-state index is -2.70. The maximum Gasteiger partial charge on any atom is 0.410 e. The Morgan fingerprint density at radius 1 is 1.40 bits per heavy atom. The minimum absolute atomic E-state index is 0.0509. The number of ether oxygens (including phenoxy) is 1. The average Bonchev–Trinajstić information content (AvgIpc) is 2.29. The van der Waals surface area contributed by atoms with Gasteiger partial charge in [-0.3, -0.25) is 0 Å². The lowest BCUT2D eigenvalue weighted by Crippen LogP contribution is -2.50. The highest BCUT2D eigenvalue weighted by Crippen LogP contribution is 2.36. The summed E-state index contributed by atoms with van der Waals surface area (Å²) in [4.78, 5) is 13.3. The van der Waals surface area contributed by atoms with Gasteiger partial charge in [-0.25, -0.2) is 13.6 Å². The van der Waals surface area contributed by atoms with E-state index in [1.165, 1.54) is 4.90 Å². The molecule has 1 atom stereocenters. The Labute approximate surface area is 119 Å². The third-order valence-electron chi connectivity index (χ3n) is 3.41. The summed E-state index contributed by atoms with van der Waals surface area (Å²) in [6, 6.07) is 0. The first kappa shape index (κ1) is 17.1. The molecule has 1 rings (SSSR count). The average molecular weight is 292 g/mol. The van der Waals surface area contributed by atoms with Crippen molar-refractivity contribution in [2.75, 3.05) is 19.6 Å². The van der Waals surface area contributed by atoms with Crippen LogP contribution in [0.25, 0.3) is 0 Å². The number of unbranched alkanes of at least 4 members (excludes halogenated alkanes) is 1. The summed E-state index contributed by atoms with van der Waals surface area (Å²) in [5, 5.41) is 0. The van der Waals surface area contributed by atoms with E-state index in [1.54, 1.807) is 20.8 Å². The number of alkyl halides is 2. The molecule has 2 N–H and O–H groups in total. The number of hydrogen-bond donors (Lipinski definition) is 1. The topological polar surface area (TPSA) is 55.6 Å². The lowest BCUT2D eigenvalue weighted by atomic mass is 9.89. The number of nitrogens with zero attached hydrogens (tertiary/aromatic N) is 1. The molecule has 1 heterocycles. The van der Waals surface area contributed by atoms with E-state index in [0.717, 1.165) is 6.42 Å². The second kappa shape index (κ2) is 6.70. The SMILES string of the molecule is CC(C)(C)OC(=O)N1CCC(F)(F)C(CCCCN)C1. The van der Waals surface area contributed by atoms with Crippen LogP contribution in [0.4, 0.5) is 13.6 Å². The van der Waals surface area contributed by atoms with Crippen LogP contribution < -0.4 is 5.73 Å². The van der Waals surface area contributed by atoms with Crippen molar-refractivity contribution in [1.29, 1.82) is 0 Å². The van der Waals surface area contributed by atoms with Crippen molar-refractivity contribution in [2.24, 2.45) is 11.7 Å². The van der Waals surface area contributed by atoms with Gasteiger partial charge in [0.1, 0.15) is 5.60 Å². The van der Waals surface area contributed by atoms with Crippen molar-refractivity contribution in [3.05, 3.63) is 0 Å². The first-order chi connectivity index (χ1) is 9.15. The summed E-state index contributed by atoms with van der Waals surface area (Å²) < 4.78 is 33.0. The van der Waals surface area contributed by atoms with Gasteiger partial charge in [-0.2, -0.15) is 0 Å². The Balaban J connectivity index is 2.58. The molecule has 1 aliphatic rings. The smallest absolute Gasteiger partial charge is 0.410 e. The standard InChI is InChI=1S/C14H26F2N2O2/c1-13(2,3)20-12(19)18-9-7-14(15,16)11(10-18)6-4-5-8-17/h11H,4-10,17H2,1-3H3. The lowest BCUT2D eigenvalue weighted by molar-refractivity contribution is -0.108. The zero-order valence-electron chi connectivity index (χ0n) is 12.6. The first-order valence-electron chi connectivity index (χ1n) is 7.21. The fourth-order valence-electron chi connectivity index (χ4n) is 2.31. The van der Waals surface area contributed by atoms with Gasteiger partial charge >= 0.3 is 6.09 Å². The third-order valence-corrected chi connectivity index (χ3v) is 3.41. The molecule has 1 saturated heterocycles. The van der Waals surface area contributed by atoms with Crippen molar-refractivity contribution in [3.63, 3.8) is 0 Å². The van der Waals surface area contributed by atoms with Gasteiger partial charge in [0.05, 0.1) is 0 Å². The highest BCUT2D eigenvalue weighted by Gasteiger charge is 2.45. The molecular formula is C14H26F2N2O2. The number of nitrogens with two attached hydrogens (primary N) is 1. The van der Waals surface area contributed by atoms with Gasteiger partial charge in [-0.1, -0.05) is 6.42 Å². The van der Waals surface area contributed by atoms with Crippen LogP contribution in [0.5, 0.6) is 0 Å². The number of amides is 1. The Kier molecular flexibility index (Phi) is 5.74. The highest BCUT2D eigenvalue weighted by molar-refractivity contribution is 5.68. The monoisotopic (exact) mass is 292 g/mol. The molecule has 0 radical (unpaired) electrons. The van der Waals surface area contributed by atoms with Gasteiger partial charge < -0.3 is 15.4 Å². The summed E-state index contributed by atoms with van der Waals surface area (Å²) in [5.74, 6) is -3.50. The maximum absolute atomic E-state index is 13.9. The Morgan fingerprint density at radius 3 is 2.60 bits per heavy atom. The second-order valence-electron chi connectivity index (χ2n) is 6.42. The predicted molar refractivity (Wildman–Crippen MR) is 73.8 cm³/mol. The van der Waals surface area contributed by atoms with E-state index in [4.69, 9.17) is 10.5 Å². The molecular weight excluding hydrogens is 266 g/mol. The number of piperidine rings is 1. The summed E-state index contributed by atoms with van der Waals surface area (Å²) in [7, 11) is 0. The maximum atomic E-state index is 13.9. The molecule has 1 unspecified atom stereocenters. The van der Waals surface area contributed by atoms with Crippen LogP contribution in [0.3, 0.4) is 0 Å². The molecule has 0 aromatic heterocycles. The largest absolute Gasteiger partial charge is 0.444 e. The molecule has 1 fully saturated rings. The van der Waals surface area contributed by atoms with Crippen molar-refractivity contribution >= 4 is 6.09 Å². The molecule has 0 aromatic rings. The Bertz CT molecular complexity index is 330. The molecule has 0 bridgehead atoms. The van der Waals surface area contributed by atoms with Gasteiger partial charge in [0.15, 0.2) is 0 Å². The molecule has 0 spiro atoms. The van der Waals surface area contributed by atoms with Gasteiger partial charge in [0, 0.05) is 25.4 Å². The summed E-state index contributed by atoms with van der Waals surface area (Å²) in [6.45, 7) is 5.92. The van der Waals surface area contributed by atoms with E-state index in [0.29, 0.717) is 19.4 Å². The number of rotatable bonds is 4. The van der Waals surface area contributed by atoms with E-state index in [1.807, 2.05) is 0 Å². The fraction of sp³-hybridized carbons (Fsp3) is 0.929. The molecule has 0 aromatic carbocycles. The second-order valence-corrected chi connectivity index (χ2v) is 6.42. The fourth-order valence-corrected chi connectivity index (χ4v) is 2.31. The molecule has 1 amide bonds. The predicted octanol–water partition coefficient (Wildman–Crippen LogP) is 3.01. The van der Waals surface area contributed by atoms with Crippen molar-refractivity contribution < 1.29 is 18.3 Å².